The molecule has 3 aromatic rings. The molecule has 4 rings (SSSR count). The van der Waals surface area contributed by atoms with Gasteiger partial charge in [-0.2, -0.15) is 0 Å². The maximum atomic E-state index is 13.7. The maximum absolute atomic E-state index is 13.7. The molecule has 6 nitrogen and oxygen atoms in total. The molecule has 33 heavy (non-hydrogen) atoms. The Hall–Kier alpha value is -4.06. The summed E-state index contributed by atoms with van der Waals surface area (Å²) in [7, 11) is 3.08. The van der Waals surface area contributed by atoms with Crippen LogP contribution in [-0.2, 0) is 9.59 Å². The summed E-state index contributed by atoms with van der Waals surface area (Å²) in [4.78, 5) is 28.5. The first-order chi connectivity index (χ1) is 15.8. The number of rotatable bonds is 6. The van der Waals surface area contributed by atoms with Crippen molar-refractivity contribution < 1.29 is 19.1 Å². The Labute approximate surface area is 193 Å². The van der Waals surface area contributed by atoms with Crippen LogP contribution in [0.4, 0.5) is 11.4 Å². The number of hydrogen-bond acceptors (Lipinski definition) is 5. The van der Waals surface area contributed by atoms with Gasteiger partial charge in [-0.25, -0.2) is 4.90 Å². The molecule has 1 aliphatic heterocycles. The molecule has 0 radical (unpaired) electrons. The predicted octanol–water partition coefficient (Wildman–Crippen LogP) is 5.03. The van der Waals surface area contributed by atoms with Crippen molar-refractivity contribution in [3.63, 3.8) is 0 Å². The van der Waals surface area contributed by atoms with Gasteiger partial charge in [-0.05, 0) is 73.4 Å². The molecule has 2 amide bonds. The number of carbonyl (C=O) groups excluding carboxylic acids is 2. The fraction of sp³-hybridized carbons (Fsp3) is 0.185. The van der Waals surface area contributed by atoms with Gasteiger partial charge in [0.25, 0.3) is 11.8 Å². The molecule has 0 aliphatic carbocycles. The third-order valence-electron chi connectivity index (χ3n) is 5.67. The normalized spacial score (nSPS) is 13.5. The lowest BCUT2D eigenvalue weighted by atomic mass is 10.0. The van der Waals surface area contributed by atoms with E-state index in [1.165, 1.54) is 12.0 Å². The summed E-state index contributed by atoms with van der Waals surface area (Å²) in [5.74, 6) is 0.211. The average Bonchev–Trinajstić information content (AvgIpc) is 3.05. The van der Waals surface area contributed by atoms with Gasteiger partial charge in [0.15, 0.2) is 11.5 Å². The molecule has 1 heterocycles. The van der Waals surface area contributed by atoms with E-state index >= 15 is 0 Å². The Bertz CT molecular complexity index is 1290. The highest BCUT2D eigenvalue weighted by Gasteiger charge is 2.40. The molecular formula is C27H26N2O4. The van der Waals surface area contributed by atoms with Crippen LogP contribution < -0.4 is 19.7 Å². The van der Waals surface area contributed by atoms with Crippen LogP contribution >= 0.6 is 0 Å². The summed E-state index contributed by atoms with van der Waals surface area (Å²) < 4.78 is 10.8. The lowest BCUT2D eigenvalue weighted by Gasteiger charge is -2.16. The third-order valence-corrected chi connectivity index (χ3v) is 5.67. The van der Waals surface area contributed by atoms with Gasteiger partial charge in [0.2, 0.25) is 0 Å². The zero-order valence-electron chi connectivity index (χ0n) is 19.4. The smallest absolute Gasteiger partial charge is 0.282 e. The second kappa shape index (κ2) is 8.82. The lowest BCUT2D eigenvalue weighted by molar-refractivity contribution is -0.120. The number of benzene rings is 3. The SMILES string of the molecule is COc1ccc(C2=C(Nc3cc(C)ccc3C)C(=O)N(c3cccc(C)c3)C2=O)cc1OC. The quantitative estimate of drug-likeness (QED) is 0.543. The van der Waals surface area contributed by atoms with Gasteiger partial charge in [-0.15, -0.1) is 0 Å². The molecule has 0 fully saturated rings. The first-order valence-corrected chi connectivity index (χ1v) is 10.6. The number of ether oxygens (including phenoxy) is 2. The zero-order chi connectivity index (χ0) is 23.7. The third kappa shape index (κ3) is 4.07. The van der Waals surface area contributed by atoms with Gasteiger partial charge in [-0.3, -0.25) is 9.59 Å². The Kier molecular flexibility index (Phi) is 5.92. The van der Waals surface area contributed by atoms with E-state index in [9.17, 15) is 9.59 Å². The maximum Gasteiger partial charge on any atom is 0.282 e. The number of amides is 2. The zero-order valence-corrected chi connectivity index (χ0v) is 19.4. The number of methoxy groups -OCH3 is 2. The van der Waals surface area contributed by atoms with Crippen LogP contribution in [0.25, 0.3) is 5.57 Å². The second-order valence-corrected chi connectivity index (χ2v) is 8.05. The molecule has 0 unspecified atom stereocenters. The van der Waals surface area contributed by atoms with Gasteiger partial charge in [0.1, 0.15) is 5.70 Å². The standard InChI is InChI=1S/C27H26N2O4/c1-16-7-6-8-20(13-16)29-26(30)24(19-11-12-22(32-4)23(15-19)33-5)25(27(29)31)28-21-14-17(2)9-10-18(21)3/h6-15,28H,1-5H3. The summed E-state index contributed by atoms with van der Waals surface area (Å²) >= 11 is 0. The van der Waals surface area contributed by atoms with Crippen molar-refractivity contribution in [3.8, 4) is 11.5 Å². The van der Waals surface area contributed by atoms with Gasteiger partial charge >= 0.3 is 0 Å². The van der Waals surface area contributed by atoms with Crippen LogP contribution in [0.2, 0.25) is 0 Å². The number of nitrogens with one attached hydrogen (secondary N) is 1. The number of imide groups is 1. The van der Waals surface area contributed by atoms with Crippen LogP contribution in [0.1, 0.15) is 22.3 Å². The number of aryl methyl sites for hydroxylation is 3. The highest BCUT2D eigenvalue weighted by atomic mass is 16.5. The molecule has 168 valence electrons. The highest BCUT2D eigenvalue weighted by Crippen LogP contribution is 2.37. The predicted molar refractivity (Wildman–Crippen MR) is 130 cm³/mol. The summed E-state index contributed by atoms with van der Waals surface area (Å²) in [5.41, 5.74) is 5.34. The number of anilines is 2. The molecule has 0 spiro atoms. The Morgan fingerprint density at radius 3 is 2.18 bits per heavy atom. The van der Waals surface area contributed by atoms with E-state index in [4.69, 9.17) is 9.47 Å². The molecule has 0 saturated heterocycles. The van der Waals surface area contributed by atoms with Crippen molar-refractivity contribution in [1.29, 1.82) is 0 Å². The monoisotopic (exact) mass is 442 g/mol. The van der Waals surface area contributed by atoms with Crippen LogP contribution in [-0.4, -0.2) is 26.0 Å². The van der Waals surface area contributed by atoms with Gasteiger partial charge in [0.05, 0.1) is 25.5 Å². The van der Waals surface area contributed by atoms with Crippen molar-refractivity contribution in [2.45, 2.75) is 20.8 Å². The molecule has 1 aliphatic rings. The van der Waals surface area contributed by atoms with E-state index in [2.05, 4.69) is 5.32 Å². The lowest BCUT2D eigenvalue weighted by Crippen LogP contribution is -2.32. The number of hydrogen-bond donors (Lipinski definition) is 1. The van der Waals surface area contributed by atoms with Gasteiger partial charge in [0, 0.05) is 5.69 Å². The van der Waals surface area contributed by atoms with E-state index in [1.54, 1.807) is 31.4 Å². The fourth-order valence-corrected chi connectivity index (χ4v) is 3.91. The Morgan fingerprint density at radius 2 is 1.48 bits per heavy atom. The molecule has 3 aromatic carbocycles. The minimum atomic E-state index is -0.406. The van der Waals surface area contributed by atoms with E-state index in [1.807, 2.05) is 57.2 Å². The minimum absolute atomic E-state index is 0.224. The largest absolute Gasteiger partial charge is 0.493 e. The van der Waals surface area contributed by atoms with Crippen molar-refractivity contribution in [3.05, 3.63) is 88.6 Å². The molecule has 0 saturated carbocycles. The Balaban J connectivity index is 1.88. The Morgan fingerprint density at radius 1 is 0.758 bits per heavy atom. The van der Waals surface area contributed by atoms with Crippen LogP contribution in [0.5, 0.6) is 11.5 Å². The molecule has 6 heteroatoms. The summed E-state index contributed by atoms with van der Waals surface area (Å²) in [5, 5.41) is 3.25. The van der Waals surface area contributed by atoms with Crippen LogP contribution in [0.3, 0.4) is 0 Å². The number of nitrogens with zero attached hydrogens (tertiary/aromatic N) is 1. The van der Waals surface area contributed by atoms with Crippen molar-refractivity contribution in [2.24, 2.45) is 0 Å². The van der Waals surface area contributed by atoms with Crippen LogP contribution in [0, 0.1) is 20.8 Å². The first kappa shape index (κ1) is 22.1. The fourth-order valence-electron chi connectivity index (χ4n) is 3.91. The molecule has 0 bridgehead atoms. The molecule has 0 atom stereocenters. The first-order valence-electron chi connectivity index (χ1n) is 10.6. The van der Waals surface area contributed by atoms with Crippen molar-refractivity contribution >= 4 is 28.8 Å². The highest BCUT2D eigenvalue weighted by molar-refractivity contribution is 6.46. The summed E-state index contributed by atoms with van der Waals surface area (Å²) in [6, 6.07) is 18.5. The van der Waals surface area contributed by atoms with E-state index in [0.717, 1.165) is 22.4 Å². The second-order valence-electron chi connectivity index (χ2n) is 8.05. The van der Waals surface area contributed by atoms with Gasteiger partial charge < -0.3 is 14.8 Å². The van der Waals surface area contributed by atoms with E-state index in [0.29, 0.717) is 22.7 Å². The topological polar surface area (TPSA) is 67.9 Å². The van der Waals surface area contributed by atoms with Crippen molar-refractivity contribution in [2.75, 3.05) is 24.4 Å². The minimum Gasteiger partial charge on any atom is -0.493 e. The molecule has 0 aromatic heterocycles. The summed E-state index contributed by atoms with van der Waals surface area (Å²) in [6.45, 7) is 5.86. The van der Waals surface area contributed by atoms with E-state index in [-0.39, 0.29) is 11.3 Å². The van der Waals surface area contributed by atoms with Crippen molar-refractivity contribution in [1.82, 2.24) is 0 Å². The van der Waals surface area contributed by atoms with E-state index < -0.39 is 11.8 Å². The van der Waals surface area contributed by atoms with Crippen LogP contribution in [0.15, 0.2) is 66.4 Å². The number of carbonyl (C=O) groups is 2. The van der Waals surface area contributed by atoms with Gasteiger partial charge in [-0.1, -0.05) is 30.3 Å². The summed E-state index contributed by atoms with van der Waals surface area (Å²) in [6.07, 6.45) is 0. The molecular weight excluding hydrogens is 416 g/mol. The average molecular weight is 443 g/mol. The molecule has 1 N–H and O–H groups in total.